The number of carboxylic acids is 3. The zero-order chi connectivity index (χ0) is 34.0. The van der Waals surface area contributed by atoms with Gasteiger partial charge in [-0.25, -0.2) is 14.4 Å². The Morgan fingerprint density at radius 1 is 0.542 bits per heavy atom. The van der Waals surface area contributed by atoms with Crippen molar-refractivity contribution in [2.45, 2.75) is 13.2 Å². The van der Waals surface area contributed by atoms with Gasteiger partial charge >= 0.3 is 17.9 Å². The van der Waals surface area contributed by atoms with Crippen molar-refractivity contribution in [1.29, 1.82) is 0 Å². The van der Waals surface area contributed by atoms with Crippen LogP contribution in [-0.4, -0.2) is 39.1 Å². The van der Waals surface area contributed by atoms with Crippen LogP contribution in [0.25, 0.3) is 12.2 Å². The van der Waals surface area contributed by atoms with Gasteiger partial charge in [0.15, 0.2) is 0 Å². The first-order valence-corrected chi connectivity index (χ1v) is 14.6. The number of carbonyl (C=O) groups is 4. The number of carboxylic acid groups (broad SMARTS) is 3. The SMILES string of the molecule is O=C(O)c1ccc(COc2cc(OCc3ccc(C(=O)O)cc3)cc(C(=O)Nc3ccc(/C=C/c4ccccc4)cc3C(=O)O)c2)cc1. The molecule has 0 saturated carbocycles. The predicted octanol–water partition coefficient (Wildman–Crippen LogP) is 7.36. The van der Waals surface area contributed by atoms with E-state index < -0.39 is 23.8 Å². The fraction of sp³-hybridized carbons (Fsp3) is 0.0526. The minimum atomic E-state index is -1.22. The van der Waals surface area contributed by atoms with Gasteiger partial charge in [0.25, 0.3) is 5.91 Å². The molecule has 10 nitrogen and oxygen atoms in total. The van der Waals surface area contributed by atoms with E-state index in [2.05, 4.69) is 5.32 Å². The van der Waals surface area contributed by atoms with Crippen LogP contribution in [0, 0.1) is 0 Å². The Morgan fingerprint density at radius 3 is 1.56 bits per heavy atom. The molecular weight excluding hydrogens is 614 g/mol. The molecule has 0 atom stereocenters. The molecule has 0 aliphatic rings. The van der Waals surface area contributed by atoms with Gasteiger partial charge in [0.1, 0.15) is 24.7 Å². The van der Waals surface area contributed by atoms with E-state index in [9.17, 15) is 24.3 Å². The van der Waals surface area contributed by atoms with Crippen molar-refractivity contribution in [1.82, 2.24) is 0 Å². The van der Waals surface area contributed by atoms with Crippen LogP contribution in [0.5, 0.6) is 11.5 Å². The van der Waals surface area contributed by atoms with Gasteiger partial charge in [0.2, 0.25) is 0 Å². The van der Waals surface area contributed by atoms with Gasteiger partial charge < -0.3 is 30.1 Å². The minimum Gasteiger partial charge on any atom is -0.489 e. The van der Waals surface area contributed by atoms with E-state index in [1.807, 2.05) is 36.4 Å². The molecule has 240 valence electrons. The van der Waals surface area contributed by atoms with Gasteiger partial charge in [-0.1, -0.05) is 72.8 Å². The molecule has 4 N–H and O–H groups in total. The molecule has 0 unspecified atom stereocenters. The first kappa shape index (κ1) is 32.7. The number of anilines is 1. The van der Waals surface area contributed by atoms with Crippen molar-refractivity contribution in [3.8, 4) is 11.5 Å². The van der Waals surface area contributed by atoms with Crippen molar-refractivity contribution < 1.29 is 44.0 Å². The number of benzene rings is 5. The Balaban J connectivity index is 1.37. The van der Waals surface area contributed by atoms with Gasteiger partial charge in [-0.3, -0.25) is 4.79 Å². The van der Waals surface area contributed by atoms with Crippen LogP contribution < -0.4 is 14.8 Å². The highest BCUT2D eigenvalue weighted by Gasteiger charge is 2.17. The van der Waals surface area contributed by atoms with Crippen molar-refractivity contribution in [2.24, 2.45) is 0 Å². The molecule has 0 fully saturated rings. The fourth-order valence-electron chi connectivity index (χ4n) is 4.59. The van der Waals surface area contributed by atoms with Gasteiger partial charge in [-0.2, -0.15) is 0 Å². The molecule has 5 rings (SSSR count). The normalized spacial score (nSPS) is 10.8. The van der Waals surface area contributed by atoms with Crippen molar-refractivity contribution >= 4 is 41.7 Å². The maximum Gasteiger partial charge on any atom is 0.337 e. The summed E-state index contributed by atoms with van der Waals surface area (Å²) >= 11 is 0. The molecule has 0 heterocycles. The Morgan fingerprint density at radius 2 is 1.06 bits per heavy atom. The molecule has 0 bridgehead atoms. The maximum absolute atomic E-state index is 13.5. The molecule has 10 heteroatoms. The standard InChI is InChI=1S/C38H29NO9/c40-35(39-34-17-12-25(18-33(34)38(45)46)7-6-24-4-2-1-3-5-24)30-19-31(47-22-26-8-13-28(14-9-26)36(41)42)21-32(20-30)48-23-27-10-15-29(16-11-27)37(43)44/h1-21H,22-23H2,(H,39,40)(H,41,42)(H,43,44)(H,45,46)/b7-6+. The maximum atomic E-state index is 13.5. The second kappa shape index (κ2) is 15.1. The zero-order valence-corrected chi connectivity index (χ0v) is 25.3. The molecular formula is C38H29NO9. The second-order valence-electron chi connectivity index (χ2n) is 10.6. The van der Waals surface area contributed by atoms with Gasteiger partial charge in [-0.05, 0) is 70.8 Å². The number of aromatic carboxylic acids is 3. The molecule has 5 aromatic rings. The lowest BCUT2D eigenvalue weighted by molar-refractivity contribution is 0.0686. The third-order valence-corrected chi connectivity index (χ3v) is 7.15. The summed E-state index contributed by atoms with van der Waals surface area (Å²) in [4.78, 5) is 48.0. The third kappa shape index (κ3) is 8.73. The van der Waals surface area contributed by atoms with Crippen LogP contribution in [0.2, 0.25) is 0 Å². The summed E-state index contributed by atoms with van der Waals surface area (Å²) in [5, 5.41) is 30.9. The summed E-state index contributed by atoms with van der Waals surface area (Å²) in [5.41, 5.74) is 3.32. The Labute approximate surface area is 275 Å². The molecule has 0 aliphatic carbocycles. The highest BCUT2D eigenvalue weighted by atomic mass is 16.5. The molecule has 0 spiro atoms. The molecule has 0 aromatic heterocycles. The van der Waals surface area contributed by atoms with Crippen molar-refractivity contribution in [2.75, 3.05) is 5.32 Å². The van der Waals surface area contributed by atoms with E-state index in [1.165, 1.54) is 48.5 Å². The number of rotatable bonds is 13. The van der Waals surface area contributed by atoms with Gasteiger partial charge in [-0.15, -0.1) is 0 Å². The molecule has 1 amide bonds. The lowest BCUT2D eigenvalue weighted by Crippen LogP contribution is -2.15. The zero-order valence-electron chi connectivity index (χ0n) is 25.3. The average Bonchev–Trinajstić information content (AvgIpc) is 3.10. The first-order chi connectivity index (χ1) is 23.1. The second-order valence-corrected chi connectivity index (χ2v) is 10.6. The number of hydrogen-bond acceptors (Lipinski definition) is 6. The van der Waals surface area contributed by atoms with Crippen LogP contribution in [0.3, 0.4) is 0 Å². The predicted molar refractivity (Wildman–Crippen MR) is 179 cm³/mol. The molecule has 0 saturated heterocycles. The largest absolute Gasteiger partial charge is 0.489 e. The monoisotopic (exact) mass is 643 g/mol. The smallest absolute Gasteiger partial charge is 0.337 e. The van der Waals surface area contributed by atoms with Gasteiger partial charge in [0.05, 0.1) is 22.4 Å². The van der Waals surface area contributed by atoms with E-state index >= 15 is 0 Å². The van der Waals surface area contributed by atoms with Crippen molar-refractivity contribution in [3.63, 3.8) is 0 Å². The first-order valence-electron chi connectivity index (χ1n) is 14.6. The minimum absolute atomic E-state index is 0.0577. The molecule has 48 heavy (non-hydrogen) atoms. The third-order valence-electron chi connectivity index (χ3n) is 7.15. The number of nitrogens with one attached hydrogen (secondary N) is 1. The van der Waals surface area contributed by atoms with Gasteiger partial charge in [0, 0.05) is 11.6 Å². The van der Waals surface area contributed by atoms with E-state index in [-0.39, 0.29) is 52.7 Å². The Bertz CT molecular complexity index is 1900. The topological polar surface area (TPSA) is 159 Å². The van der Waals surface area contributed by atoms with E-state index in [1.54, 1.807) is 42.5 Å². The highest BCUT2D eigenvalue weighted by molar-refractivity contribution is 6.08. The lowest BCUT2D eigenvalue weighted by Gasteiger charge is -2.14. The molecule has 0 aliphatic heterocycles. The quantitative estimate of drug-likeness (QED) is 0.0961. The fourth-order valence-corrected chi connectivity index (χ4v) is 4.59. The Hall–Kier alpha value is -6.68. The summed E-state index contributed by atoms with van der Waals surface area (Å²) in [7, 11) is 0. The van der Waals surface area contributed by atoms with Crippen LogP contribution in [0.1, 0.15) is 63.7 Å². The molecule has 5 aromatic carbocycles. The Kier molecular flexibility index (Phi) is 10.3. The average molecular weight is 644 g/mol. The number of amides is 1. The lowest BCUT2D eigenvalue weighted by atomic mass is 10.1. The number of ether oxygens (including phenoxy) is 2. The van der Waals surface area contributed by atoms with Crippen LogP contribution >= 0.6 is 0 Å². The highest BCUT2D eigenvalue weighted by Crippen LogP contribution is 2.27. The molecule has 0 radical (unpaired) electrons. The van der Waals surface area contributed by atoms with E-state index in [0.717, 1.165) is 5.56 Å². The summed E-state index contributed by atoms with van der Waals surface area (Å²) in [6.45, 7) is 0.115. The summed E-state index contributed by atoms with van der Waals surface area (Å²) in [5.74, 6) is -3.40. The number of hydrogen-bond donors (Lipinski definition) is 4. The van der Waals surface area contributed by atoms with Crippen molar-refractivity contribution in [3.05, 3.63) is 160 Å². The van der Waals surface area contributed by atoms with Crippen LogP contribution in [0.4, 0.5) is 5.69 Å². The van der Waals surface area contributed by atoms with E-state index in [0.29, 0.717) is 16.7 Å². The van der Waals surface area contributed by atoms with E-state index in [4.69, 9.17) is 19.7 Å². The number of carbonyl (C=O) groups excluding carboxylic acids is 1. The summed E-state index contributed by atoms with van der Waals surface area (Å²) < 4.78 is 11.9. The summed E-state index contributed by atoms with van der Waals surface area (Å²) in [6, 6.07) is 31.0. The van der Waals surface area contributed by atoms with Crippen LogP contribution in [-0.2, 0) is 13.2 Å². The summed E-state index contributed by atoms with van der Waals surface area (Å²) in [6.07, 6.45) is 3.63. The van der Waals surface area contributed by atoms with Crippen LogP contribution in [0.15, 0.2) is 115 Å².